The van der Waals surface area contributed by atoms with Crippen molar-refractivity contribution < 1.29 is 20.1 Å². The monoisotopic (exact) mass is 543 g/mol. The van der Waals surface area contributed by atoms with Gasteiger partial charge in [-0.1, -0.05) is 55.3 Å². The molecule has 0 amide bonds. The summed E-state index contributed by atoms with van der Waals surface area (Å²) in [4.78, 5) is 4.78. The molecule has 1 nitrogen and oxygen atoms in total. The van der Waals surface area contributed by atoms with E-state index < -0.39 is 0 Å². The molecule has 0 spiro atoms. The Labute approximate surface area is 181 Å². The molecule has 4 aliphatic carbocycles. The molecule has 0 saturated heterocycles. The van der Waals surface area contributed by atoms with Crippen molar-refractivity contribution in [2.75, 3.05) is 0 Å². The molecular formula is C26H24IrN-. The zero-order valence-electron chi connectivity index (χ0n) is 15.9. The molecule has 3 aromatic rings. The summed E-state index contributed by atoms with van der Waals surface area (Å²) in [7, 11) is 0. The van der Waals surface area contributed by atoms with Gasteiger partial charge in [-0.3, -0.25) is 0 Å². The molecule has 0 aliphatic heterocycles. The van der Waals surface area contributed by atoms with E-state index in [0.29, 0.717) is 0 Å². The van der Waals surface area contributed by atoms with Gasteiger partial charge in [-0.05, 0) is 59.8 Å². The summed E-state index contributed by atoms with van der Waals surface area (Å²) in [6, 6.07) is 23.1. The van der Waals surface area contributed by atoms with Gasteiger partial charge in [-0.15, -0.1) is 34.9 Å². The first-order chi connectivity index (χ1) is 13.3. The Bertz CT molecular complexity index is 965. The van der Waals surface area contributed by atoms with Gasteiger partial charge >= 0.3 is 0 Å². The van der Waals surface area contributed by atoms with E-state index >= 15 is 0 Å². The van der Waals surface area contributed by atoms with E-state index in [2.05, 4.69) is 60.7 Å². The number of benzene rings is 2. The SMILES string of the molecule is [Ir].[c-]1cc2c(cc1-c1ccc(-c3ccccc3)cn1)C1CC3CC(CC2C3)C1. The van der Waals surface area contributed by atoms with E-state index in [4.69, 9.17) is 4.98 Å². The van der Waals surface area contributed by atoms with Crippen LogP contribution in [0.2, 0.25) is 0 Å². The summed E-state index contributed by atoms with van der Waals surface area (Å²) in [6.45, 7) is 0. The predicted molar refractivity (Wildman–Crippen MR) is 109 cm³/mol. The quantitative estimate of drug-likeness (QED) is 0.333. The van der Waals surface area contributed by atoms with Gasteiger partial charge in [0.1, 0.15) is 0 Å². The first-order valence-electron chi connectivity index (χ1n) is 10.4. The molecule has 4 aliphatic rings. The molecule has 2 fully saturated rings. The molecule has 1 radical (unpaired) electrons. The second-order valence-electron chi connectivity index (χ2n) is 8.86. The number of nitrogens with zero attached hydrogens (tertiary/aromatic N) is 1. The third-order valence-corrected chi connectivity index (χ3v) is 7.18. The molecule has 143 valence electrons. The Morgan fingerprint density at radius 1 is 0.750 bits per heavy atom. The Morgan fingerprint density at radius 2 is 1.46 bits per heavy atom. The number of hydrogen-bond donors (Lipinski definition) is 0. The number of pyridine rings is 1. The minimum atomic E-state index is 0. The molecular weight excluding hydrogens is 519 g/mol. The van der Waals surface area contributed by atoms with E-state index in [1.165, 1.54) is 43.2 Å². The van der Waals surface area contributed by atoms with Crippen LogP contribution in [0.1, 0.15) is 55.1 Å². The van der Waals surface area contributed by atoms with E-state index in [1.54, 1.807) is 11.1 Å². The van der Waals surface area contributed by atoms with Gasteiger partial charge in [0, 0.05) is 26.3 Å². The van der Waals surface area contributed by atoms with Crippen molar-refractivity contribution in [1.29, 1.82) is 0 Å². The summed E-state index contributed by atoms with van der Waals surface area (Å²) in [5, 5.41) is 0. The Hall–Kier alpha value is -1.76. The number of rotatable bonds is 2. The maximum absolute atomic E-state index is 4.78. The predicted octanol–water partition coefficient (Wildman–Crippen LogP) is 6.60. The van der Waals surface area contributed by atoms with E-state index in [1.807, 2.05) is 6.20 Å². The van der Waals surface area contributed by atoms with Crippen LogP contribution in [-0.4, -0.2) is 4.98 Å². The first kappa shape index (κ1) is 18.3. The number of aromatic nitrogens is 1. The van der Waals surface area contributed by atoms with Gasteiger partial charge in [-0.2, -0.15) is 0 Å². The van der Waals surface area contributed by atoms with Crippen molar-refractivity contribution in [3.05, 3.63) is 78.0 Å². The third-order valence-electron chi connectivity index (χ3n) is 7.18. The van der Waals surface area contributed by atoms with Crippen LogP contribution in [0.15, 0.2) is 60.8 Å². The smallest absolute Gasteiger partial charge is 0.0239 e. The van der Waals surface area contributed by atoms with Gasteiger partial charge in [0.25, 0.3) is 0 Å². The van der Waals surface area contributed by atoms with Gasteiger partial charge in [-0.25, -0.2) is 0 Å². The molecule has 1 aromatic heterocycles. The zero-order chi connectivity index (χ0) is 17.8. The van der Waals surface area contributed by atoms with Crippen molar-refractivity contribution in [2.45, 2.75) is 43.9 Å². The second-order valence-corrected chi connectivity index (χ2v) is 8.86. The molecule has 2 saturated carbocycles. The molecule has 7 rings (SSSR count). The molecule has 1 heterocycles. The van der Waals surface area contributed by atoms with Crippen LogP contribution in [0.5, 0.6) is 0 Å². The summed E-state index contributed by atoms with van der Waals surface area (Å²) in [5.41, 5.74) is 7.82. The van der Waals surface area contributed by atoms with Gasteiger partial charge in [0.05, 0.1) is 0 Å². The molecule has 2 heteroatoms. The largest absolute Gasteiger partial charge is 0.304 e. The topological polar surface area (TPSA) is 12.9 Å². The minimum Gasteiger partial charge on any atom is -0.304 e. The van der Waals surface area contributed by atoms with Crippen LogP contribution in [0.3, 0.4) is 0 Å². The van der Waals surface area contributed by atoms with Gasteiger partial charge in [0.15, 0.2) is 0 Å². The van der Waals surface area contributed by atoms with Gasteiger partial charge < -0.3 is 4.98 Å². The molecule has 2 unspecified atom stereocenters. The minimum absolute atomic E-state index is 0. The van der Waals surface area contributed by atoms with Crippen LogP contribution >= 0.6 is 0 Å². The van der Waals surface area contributed by atoms with Crippen LogP contribution in [0, 0.1) is 17.9 Å². The molecule has 2 atom stereocenters. The van der Waals surface area contributed by atoms with Crippen molar-refractivity contribution in [2.24, 2.45) is 11.8 Å². The first-order valence-corrected chi connectivity index (χ1v) is 10.4. The number of hydrogen-bond acceptors (Lipinski definition) is 1. The fraction of sp³-hybridized carbons (Fsp3) is 0.346. The van der Waals surface area contributed by atoms with Crippen molar-refractivity contribution in [3.63, 3.8) is 0 Å². The van der Waals surface area contributed by atoms with E-state index in [9.17, 15) is 0 Å². The Kier molecular flexibility index (Phi) is 4.73. The van der Waals surface area contributed by atoms with E-state index in [-0.39, 0.29) is 20.1 Å². The molecule has 2 aromatic carbocycles. The van der Waals surface area contributed by atoms with Gasteiger partial charge in [0.2, 0.25) is 0 Å². The second kappa shape index (κ2) is 7.25. The molecule has 4 bridgehead atoms. The van der Waals surface area contributed by atoms with Crippen molar-refractivity contribution >= 4 is 0 Å². The Morgan fingerprint density at radius 3 is 2.14 bits per heavy atom. The van der Waals surface area contributed by atoms with E-state index in [0.717, 1.165) is 34.9 Å². The summed E-state index contributed by atoms with van der Waals surface area (Å²) in [5.74, 6) is 3.49. The summed E-state index contributed by atoms with van der Waals surface area (Å²) < 4.78 is 0. The van der Waals surface area contributed by atoms with Crippen LogP contribution in [-0.2, 0) is 20.1 Å². The van der Waals surface area contributed by atoms with Crippen molar-refractivity contribution in [3.8, 4) is 22.4 Å². The van der Waals surface area contributed by atoms with Crippen LogP contribution < -0.4 is 0 Å². The molecule has 28 heavy (non-hydrogen) atoms. The Balaban J connectivity index is 0.00000171. The average molecular weight is 543 g/mol. The standard InChI is InChI=1S/C26H24N.Ir/c1-2-4-19(5-3-1)21-7-9-26(27-16-21)20-6-8-24-22-11-17-10-18(12-22)14-23(13-17)25(24)15-20;/h1-5,7-9,15-18,22-23H,10-14H2;/q-1;. The van der Waals surface area contributed by atoms with Crippen LogP contribution in [0.4, 0.5) is 0 Å². The zero-order valence-corrected chi connectivity index (χ0v) is 18.3. The molecule has 0 N–H and O–H groups in total. The fourth-order valence-corrected chi connectivity index (χ4v) is 6.09. The third kappa shape index (κ3) is 3.08. The van der Waals surface area contributed by atoms with Crippen molar-refractivity contribution in [1.82, 2.24) is 4.98 Å². The average Bonchev–Trinajstić information content (AvgIpc) is 2.89. The van der Waals surface area contributed by atoms with Crippen LogP contribution in [0.25, 0.3) is 22.4 Å². The summed E-state index contributed by atoms with van der Waals surface area (Å²) >= 11 is 0. The summed E-state index contributed by atoms with van der Waals surface area (Å²) in [6.07, 6.45) is 9.12. The maximum Gasteiger partial charge on any atom is 0.0239 e. The maximum atomic E-state index is 4.78. The normalized spacial score (nSPS) is 27.0. The fourth-order valence-electron chi connectivity index (χ4n) is 6.09.